The van der Waals surface area contributed by atoms with Crippen molar-refractivity contribution in [3.8, 4) is 0 Å². The molecule has 1 N–H and O–H groups in total. The molecule has 1 heterocycles. The monoisotopic (exact) mass is 271 g/mol. The second kappa shape index (κ2) is 6.37. The standard InChI is InChI=1S/C16H21N3O/c1-4-14-6-5-7-15(11-14)17-16(20)10-13(3)19-9-8-12(2)18-19/h5-9,11,13H,4,10H2,1-3H3,(H,17,20)/t13-/m1/s1. The molecule has 0 saturated carbocycles. The van der Waals surface area contributed by atoms with Crippen LogP contribution < -0.4 is 5.32 Å². The average molecular weight is 271 g/mol. The summed E-state index contributed by atoms with van der Waals surface area (Å²) < 4.78 is 1.83. The summed E-state index contributed by atoms with van der Waals surface area (Å²) in [5, 5.41) is 7.28. The van der Waals surface area contributed by atoms with Crippen LogP contribution >= 0.6 is 0 Å². The van der Waals surface area contributed by atoms with Crippen LogP contribution in [0, 0.1) is 6.92 Å². The Morgan fingerprint density at radius 2 is 2.20 bits per heavy atom. The molecule has 1 amide bonds. The fraction of sp³-hybridized carbons (Fsp3) is 0.375. The number of rotatable bonds is 5. The van der Waals surface area contributed by atoms with Gasteiger partial charge in [0.2, 0.25) is 5.91 Å². The molecule has 0 saturated heterocycles. The van der Waals surface area contributed by atoms with E-state index >= 15 is 0 Å². The van der Waals surface area contributed by atoms with Crippen LogP contribution in [0.3, 0.4) is 0 Å². The molecule has 1 aromatic carbocycles. The molecule has 2 rings (SSSR count). The van der Waals surface area contributed by atoms with Gasteiger partial charge < -0.3 is 5.32 Å². The normalized spacial score (nSPS) is 12.2. The van der Waals surface area contributed by atoms with Gasteiger partial charge >= 0.3 is 0 Å². The highest BCUT2D eigenvalue weighted by Crippen LogP contribution is 2.14. The van der Waals surface area contributed by atoms with Crippen molar-refractivity contribution in [3.05, 3.63) is 47.8 Å². The first-order valence-electron chi connectivity index (χ1n) is 6.99. The van der Waals surface area contributed by atoms with Crippen molar-refractivity contribution in [2.45, 2.75) is 39.7 Å². The van der Waals surface area contributed by atoms with Crippen LogP contribution in [-0.4, -0.2) is 15.7 Å². The van der Waals surface area contributed by atoms with E-state index < -0.39 is 0 Å². The Bertz CT molecular complexity index is 589. The summed E-state index contributed by atoms with van der Waals surface area (Å²) >= 11 is 0. The Hall–Kier alpha value is -2.10. The van der Waals surface area contributed by atoms with Gasteiger partial charge in [0.1, 0.15) is 0 Å². The van der Waals surface area contributed by atoms with Crippen LogP contribution in [0.4, 0.5) is 5.69 Å². The topological polar surface area (TPSA) is 46.9 Å². The van der Waals surface area contributed by atoms with Crippen LogP contribution in [0.15, 0.2) is 36.5 Å². The molecule has 0 radical (unpaired) electrons. The molecule has 2 aromatic rings. The number of aryl methyl sites for hydroxylation is 2. The number of carbonyl (C=O) groups is 1. The quantitative estimate of drug-likeness (QED) is 0.906. The zero-order chi connectivity index (χ0) is 14.5. The lowest BCUT2D eigenvalue weighted by Crippen LogP contribution is -2.18. The SMILES string of the molecule is CCc1cccc(NC(=O)C[C@@H](C)n2ccc(C)n2)c1. The van der Waals surface area contributed by atoms with Gasteiger partial charge in [0.15, 0.2) is 0 Å². The van der Waals surface area contributed by atoms with Crippen LogP contribution in [0.2, 0.25) is 0 Å². The highest BCUT2D eigenvalue weighted by molar-refractivity contribution is 5.91. The first-order valence-corrected chi connectivity index (χ1v) is 6.99. The van der Waals surface area contributed by atoms with Crippen LogP contribution in [0.5, 0.6) is 0 Å². The van der Waals surface area contributed by atoms with Crippen molar-refractivity contribution in [2.24, 2.45) is 0 Å². The lowest BCUT2D eigenvalue weighted by molar-refractivity contribution is -0.116. The van der Waals surface area contributed by atoms with Crippen molar-refractivity contribution in [3.63, 3.8) is 0 Å². The van der Waals surface area contributed by atoms with Crippen LogP contribution in [-0.2, 0) is 11.2 Å². The molecule has 0 aliphatic rings. The van der Waals surface area contributed by atoms with Crippen molar-refractivity contribution in [1.29, 1.82) is 0 Å². The Morgan fingerprint density at radius 3 is 2.85 bits per heavy atom. The molecular weight excluding hydrogens is 250 g/mol. The molecule has 0 bridgehead atoms. The predicted molar refractivity (Wildman–Crippen MR) is 80.7 cm³/mol. The maximum atomic E-state index is 12.1. The first-order chi connectivity index (χ1) is 9.58. The third-order valence-corrected chi connectivity index (χ3v) is 3.29. The number of benzene rings is 1. The summed E-state index contributed by atoms with van der Waals surface area (Å²) in [6, 6.07) is 9.96. The smallest absolute Gasteiger partial charge is 0.226 e. The van der Waals surface area contributed by atoms with Crippen LogP contribution in [0.25, 0.3) is 0 Å². The lowest BCUT2D eigenvalue weighted by Gasteiger charge is -2.12. The van der Waals surface area contributed by atoms with E-state index in [2.05, 4.69) is 23.4 Å². The second-order valence-corrected chi connectivity index (χ2v) is 5.09. The highest BCUT2D eigenvalue weighted by atomic mass is 16.1. The molecule has 1 atom stereocenters. The van der Waals surface area contributed by atoms with Gasteiger partial charge in [-0.15, -0.1) is 0 Å². The molecular formula is C16H21N3O. The molecule has 106 valence electrons. The van der Waals surface area contributed by atoms with Crippen LogP contribution in [0.1, 0.15) is 37.6 Å². The summed E-state index contributed by atoms with van der Waals surface area (Å²) in [7, 11) is 0. The minimum atomic E-state index is 0.0129. The average Bonchev–Trinajstić information content (AvgIpc) is 2.85. The fourth-order valence-corrected chi connectivity index (χ4v) is 2.12. The zero-order valence-corrected chi connectivity index (χ0v) is 12.3. The number of carbonyl (C=O) groups excluding carboxylic acids is 1. The van der Waals surface area contributed by atoms with E-state index in [9.17, 15) is 4.79 Å². The van der Waals surface area contributed by atoms with Gasteiger partial charge in [0.05, 0.1) is 11.7 Å². The summed E-state index contributed by atoms with van der Waals surface area (Å²) in [6.07, 6.45) is 3.29. The Balaban J connectivity index is 1.95. The van der Waals surface area contributed by atoms with Crippen molar-refractivity contribution in [2.75, 3.05) is 5.32 Å². The molecule has 0 aliphatic heterocycles. The van der Waals surface area contributed by atoms with E-state index in [1.54, 1.807) is 0 Å². The lowest BCUT2D eigenvalue weighted by atomic mass is 10.1. The minimum Gasteiger partial charge on any atom is -0.326 e. The minimum absolute atomic E-state index is 0.0129. The van der Waals surface area contributed by atoms with Crippen molar-refractivity contribution in [1.82, 2.24) is 9.78 Å². The molecule has 0 aliphatic carbocycles. The van der Waals surface area contributed by atoms with Crippen molar-refractivity contribution >= 4 is 11.6 Å². The number of hydrogen-bond donors (Lipinski definition) is 1. The molecule has 0 fully saturated rings. The maximum absolute atomic E-state index is 12.1. The Morgan fingerprint density at radius 1 is 1.40 bits per heavy atom. The Kier molecular flexibility index (Phi) is 4.56. The number of hydrogen-bond acceptors (Lipinski definition) is 2. The highest BCUT2D eigenvalue weighted by Gasteiger charge is 2.11. The number of nitrogens with one attached hydrogen (secondary N) is 1. The largest absolute Gasteiger partial charge is 0.326 e. The molecule has 0 unspecified atom stereocenters. The van der Waals surface area contributed by atoms with Gasteiger partial charge in [0.25, 0.3) is 0 Å². The van der Waals surface area contributed by atoms with Gasteiger partial charge in [-0.05, 0) is 44.0 Å². The van der Waals surface area contributed by atoms with Gasteiger partial charge in [-0.2, -0.15) is 5.10 Å². The zero-order valence-electron chi connectivity index (χ0n) is 12.3. The molecule has 4 heteroatoms. The first kappa shape index (κ1) is 14.3. The molecule has 4 nitrogen and oxygen atoms in total. The van der Waals surface area contributed by atoms with Crippen molar-refractivity contribution < 1.29 is 4.79 Å². The number of nitrogens with zero attached hydrogens (tertiary/aromatic N) is 2. The fourth-order valence-electron chi connectivity index (χ4n) is 2.12. The number of aromatic nitrogens is 2. The summed E-state index contributed by atoms with van der Waals surface area (Å²) in [5.74, 6) is 0.0129. The van der Waals surface area contributed by atoms with E-state index in [1.165, 1.54) is 5.56 Å². The van der Waals surface area contributed by atoms with E-state index in [1.807, 2.05) is 49.0 Å². The van der Waals surface area contributed by atoms with Gasteiger partial charge in [-0.3, -0.25) is 9.48 Å². The maximum Gasteiger partial charge on any atom is 0.226 e. The predicted octanol–water partition coefficient (Wildman–Crippen LogP) is 3.34. The van der Waals surface area contributed by atoms with Gasteiger partial charge in [-0.25, -0.2) is 0 Å². The summed E-state index contributed by atoms with van der Waals surface area (Å²) in [6.45, 7) is 6.04. The number of amides is 1. The summed E-state index contributed by atoms with van der Waals surface area (Å²) in [5.41, 5.74) is 3.05. The van der Waals surface area contributed by atoms with E-state index in [0.29, 0.717) is 6.42 Å². The molecule has 0 spiro atoms. The van der Waals surface area contributed by atoms with E-state index in [4.69, 9.17) is 0 Å². The van der Waals surface area contributed by atoms with Gasteiger partial charge in [-0.1, -0.05) is 19.1 Å². The third-order valence-electron chi connectivity index (χ3n) is 3.29. The third kappa shape index (κ3) is 3.70. The Labute approximate surface area is 119 Å². The second-order valence-electron chi connectivity index (χ2n) is 5.09. The molecule has 1 aromatic heterocycles. The summed E-state index contributed by atoms with van der Waals surface area (Å²) in [4.78, 5) is 12.1. The van der Waals surface area contributed by atoms with Gasteiger partial charge in [0, 0.05) is 18.3 Å². The number of anilines is 1. The molecule has 20 heavy (non-hydrogen) atoms. The van der Waals surface area contributed by atoms with E-state index in [-0.39, 0.29) is 11.9 Å². The van der Waals surface area contributed by atoms with E-state index in [0.717, 1.165) is 17.8 Å².